The van der Waals surface area contributed by atoms with Crippen LogP contribution in [0.5, 0.6) is 5.75 Å². The van der Waals surface area contributed by atoms with Crippen molar-refractivity contribution in [2.45, 2.75) is 19.8 Å². The van der Waals surface area contributed by atoms with Crippen molar-refractivity contribution in [2.75, 3.05) is 19.0 Å². The first-order chi connectivity index (χ1) is 14.1. The van der Waals surface area contributed by atoms with Crippen molar-refractivity contribution < 1.29 is 19.1 Å². The van der Waals surface area contributed by atoms with Crippen LogP contribution in [0.4, 0.5) is 5.13 Å². The molecule has 0 spiro atoms. The molecule has 0 saturated heterocycles. The van der Waals surface area contributed by atoms with E-state index in [1.165, 1.54) is 17.4 Å². The minimum absolute atomic E-state index is 0.279. The molecule has 1 N–H and O–H groups in total. The molecule has 1 aromatic heterocycles. The molecule has 0 bridgehead atoms. The van der Waals surface area contributed by atoms with Crippen LogP contribution in [-0.2, 0) is 9.53 Å². The standard InChI is InChI=1S/C22H22N2O4S/c1-3-4-13-28-21(26)16-8-11-18-19(14-16)29-22(23-18)24-20(25)12-7-15-5-9-17(27-2)10-6-15/h5-12,14H,3-4,13H2,1-2H3,(H,23,24,25)/b12-7+. The Labute approximate surface area is 173 Å². The zero-order chi connectivity index (χ0) is 20.6. The Morgan fingerprint density at radius 2 is 1.97 bits per heavy atom. The van der Waals surface area contributed by atoms with Crippen molar-refractivity contribution in [1.29, 1.82) is 0 Å². The van der Waals surface area contributed by atoms with Gasteiger partial charge in [0.1, 0.15) is 5.75 Å². The third-order valence-electron chi connectivity index (χ3n) is 4.13. The summed E-state index contributed by atoms with van der Waals surface area (Å²) in [6, 6.07) is 12.6. The maximum absolute atomic E-state index is 12.2. The van der Waals surface area contributed by atoms with Gasteiger partial charge in [-0.3, -0.25) is 10.1 Å². The molecule has 0 aliphatic heterocycles. The van der Waals surface area contributed by atoms with E-state index in [1.54, 1.807) is 31.4 Å². The first-order valence-corrected chi connectivity index (χ1v) is 10.1. The number of aromatic nitrogens is 1. The summed E-state index contributed by atoms with van der Waals surface area (Å²) in [7, 11) is 1.61. The van der Waals surface area contributed by atoms with Gasteiger partial charge in [-0.15, -0.1) is 0 Å². The third kappa shape index (κ3) is 5.65. The smallest absolute Gasteiger partial charge is 0.338 e. The Bertz CT molecular complexity index is 1020. The SMILES string of the molecule is CCCCOC(=O)c1ccc2nc(NC(=O)/C=C/c3ccc(OC)cc3)sc2c1. The molecular weight excluding hydrogens is 388 g/mol. The molecular formula is C22H22N2O4S. The number of anilines is 1. The molecule has 1 amide bonds. The van der Waals surface area contributed by atoms with Gasteiger partial charge in [-0.05, 0) is 48.4 Å². The van der Waals surface area contributed by atoms with Crippen molar-refractivity contribution in [3.8, 4) is 5.75 Å². The van der Waals surface area contributed by atoms with Gasteiger partial charge in [0.2, 0.25) is 5.91 Å². The van der Waals surface area contributed by atoms with Gasteiger partial charge in [-0.1, -0.05) is 36.8 Å². The van der Waals surface area contributed by atoms with Crippen LogP contribution >= 0.6 is 11.3 Å². The van der Waals surface area contributed by atoms with Gasteiger partial charge in [0.25, 0.3) is 0 Å². The van der Waals surface area contributed by atoms with Gasteiger partial charge < -0.3 is 9.47 Å². The lowest BCUT2D eigenvalue weighted by Gasteiger charge is -2.03. The molecule has 29 heavy (non-hydrogen) atoms. The molecule has 6 nitrogen and oxygen atoms in total. The van der Waals surface area contributed by atoms with Crippen molar-refractivity contribution in [2.24, 2.45) is 0 Å². The van der Waals surface area contributed by atoms with E-state index in [0.29, 0.717) is 17.3 Å². The first-order valence-electron chi connectivity index (χ1n) is 9.30. The summed E-state index contributed by atoms with van der Waals surface area (Å²) >= 11 is 1.31. The van der Waals surface area contributed by atoms with E-state index in [9.17, 15) is 9.59 Å². The van der Waals surface area contributed by atoms with Crippen LogP contribution in [-0.4, -0.2) is 30.6 Å². The maximum Gasteiger partial charge on any atom is 0.338 e. The summed E-state index contributed by atoms with van der Waals surface area (Å²) in [6.07, 6.45) is 4.98. The molecule has 3 aromatic rings. The number of benzene rings is 2. The highest BCUT2D eigenvalue weighted by Crippen LogP contribution is 2.27. The maximum atomic E-state index is 12.2. The molecule has 150 valence electrons. The van der Waals surface area contributed by atoms with Gasteiger partial charge in [0.15, 0.2) is 5.13 Å². The van der Waals surface area contributed by atoms with Crippen LogP contribution in [0.15, 0.2) is 48.5 Å². The quantitative estimate of drug-likeness (QED) is 0.324. The van der Waals surface area contributed by atoms with Gasteiger partial charge >= 0.3 is 5.97 Å². The average molecular weight is 410 g/mol. The third-order valence-corrected chi connectivity index (χ3v) is 5.06. The van der Waals surface area contributed by atoms with E-state index >= 15 is 0 Å². The van der Waals surface area contributed by atoms with Crippen LogP contribution < -0.4 is 10.1 Å². The number of fused-ring (bicyclic) bond motifs is 1. The van der Waals surface area contributed by atoms with Gasteiger partial charge in [0.05, 0.1) is 29.5 Å². The minimum atomic E-state index is -0.346. The molecule has 7 heteroatoms. The van der Waals surface area contributed by atoms with E-state index < -0.39 is 0 Å². The number of hydrogen-bond acceptors (Lipinski definition) is 6. The van der Waals surface area contributed by atoms with Gasteiger partial charge in [-0.2, -0.15) is 0 Å². The number of thiazole rings is 1. The number of hydrogen-bond donors (Lipinski definition) is 1. The molecule has 3 rings (SSSR count). The highest BCUT2D eigenvalue weighted by Gasteiger charge is 2.11. The molecule has 0 aliphatic carbocycles. The van der Waals surface area contributed by atoms with Crippen LogP contribution in [0.1, 0.15) is 35.7 Å². The van der Waals surface area contributed by atoms with E-state index in [4.69, 9.17) is 9.47 Å². The number of unbranched alkanes of at least 4 members (excludes halogenated alkanes) is 1. The highest BCUT2D eigenvalue weighted by atomic mass is 32.1. The lowest BCUT2D eigenvalue weighted by atomic mass is 10.2. The van der Waals surface area contributed by atoms with Gasteiger partial charge in [-0.25, -0.2) is 9.78 Å². The number of nitrogens with zero attached hydrogens (tertiary/aromatic N) is 1. The van der Waals surface area contributed by atoms with Crippen LogP contribution in [0.2, 0.25) is 0 Å². The minimum Gasteiger partial charge on any atom is -0.497 e. The van der Waals surface area contributed by atoms with Crippen LogP contribution in [0.25, 0.3) is 16.3 Å². The summed E-state index contributed by atoms with van der Waals surface area (Å²) in [5, 5.41) is 3.23. The lowest BCUT2D eigenvalue weighted by Crippen LogP contribution is -2.07. The molecule has 0 atom stereocenters. The fourth-order valence-corrected chi connectivity index (χ4v) is 3.44. The fourth-order valence-electron chi connectivity index (χ4n) is 2.53. The Hall–Kier alpha value is -3.19. The van der Waals surface area contributed by atoms with Crippen molar-refractivity contribution in [3.63, 3.8) is 0 Å². The zero-order valence-corrected chi connectivity index (χ0v) is 17.1. The first kappa shape index (κ1) is 20.5. The van der Waals surface area contributed by atoms with Crippen molar-refractivity contribution in [3.05, 3.63) is 59.7 Å². The number of carbonyl (C=O) groups is 2. The predicted molar refractivity (Wildman–Crippen MR) is 115 cm³/mol. The summed E-state index contributed by atoms with van der Waals surface area (Å²) in [4.78, 5) is 28.7. The molecule has 1 heterocycles. The largest absolute Gasteiger partial charge is 0.497 e. The highest BCUT2D eigenvalue weighted by molar-refractivity contribution is 7.22. The number of esters is 1. The summed E-state index contributed by atoms with van der Waals surface area (Å²) < 4.78 is 11.2. The Balaban J connectivity index is 1.64. The number of carbonyl (C=O) groups excluding carboxylic acids is 2. The van der Waals surface area contributed by atoms with Gasteiger partial charge in [0, 0.05) is 6.08 Å². The number of ether oxygens (including phenoxy) is 2. The Kier molecular flexibility index (Phi) is 6.97. The van der Waals surface area contributed by atoms with Crippen molar-refractivity contribution in [1.82, 2.24) is 4.98 Å². The summed E-state index contributed by atoms with van der Waals surface area (Å²) in [5.41, 5.74) is 2.08. The summed E-state index contributed by atoms with van der Waals surface area (Å²) in [6.45, 7) is 2.46. The predicted octanol–water partition coefficient (Wildman–Crippen LogP) is 4.91. The summed E-state index contributed by atoms with van der Waals surface area (Å²) in [5.74, 6) is 0.135. The Morgan fingerprint density at radius 3 is 2.69 bits per heavy atom. The zero-order valence-electron chi connectivity index (χ0n) is 16.3. The molecule has 0 saturated carbocycles. The topological polar surface area (TPSA) is 77.5 Å². The molecule has 0 unspecified atom stereocenters. The molecule has 0 fully saturated rings. The fraction of sp³-hybridized carbons (Fsp3) is 0.227. The lowest BCUT2D eigenvalue weighted by molar-refractivity contribution is -0.111. The second kappa shape index (κ2) is 9.84. The van der Waals surface area contributed by atoms with Crippen LogP contribution in [0, 0.1) is 0 Å². The average Bonchev–Trinajstić information content (AvgIpc) is 3.14. The van der Waals surface area contributed by atoms with E-state index in [-0.39, 0.29) is 11.9 Å². The second-order valence-electron chi connectivity index (χ2n) is 6.29. The van der Waals surface area contributed by atoms with Crippen LogP contribution in [0.3, 0.4) is 0 Å². The normalized spacial score (nSPS) is 11.0. The molecule has 2 aromatic carbocycles. The number of rotatable bonds is 8. The number of amides is 1. The monoisotopic (exact) mass is 410 g/mol. The molecule has 0 radical (unpaired) electrons. The van der Waals surface area contributed by atoms with Crippen molar-refractivity contribution >= 4 is 44.6 Å². The molecule has 0 aliphatic rings. The number of methoxy groups -OCH3 is 1. The number of nitrogens with one attached hydrogen (secondary N) is 1. The van der Waals surface area contributed by atoms with E-state index in [0.717, 1.165) is 34.4 Å². The van der Waals surface area contributed by atoms with E-state index in [2.05, 4.69) is 10.3 Å². The second-order valence-corrected chi connectivity index (χ2v) is 7.32. The van der Waals surface area contributed by atoms with E-state index in [1.807, 2.05) is 31.2 Å². The Morgan fingerprint density at radius 1 is 1.17 bits per heavy atom.